The zero-order valence-electron chi connectivity index (χ0n) is 18.1. The molecule has 0 atom stereocenters. The quantitative estimate of drug-likeness (QED) is 0.454. The van der Waals surface area contributed by atoms with Crippen LogP contribution in [0.3, 0.4) is 0 Å². The number of rotatable bonds is 6. The molecular weight excluding hydrogens is 444 g/mol. The van der Waals surface area contributed by atoms with Crippen LogP contribution in [0, 0.1) is 6.92 Å². The Kier molecular flexibility index (Phi) is 5.35. The van der Waals surface area contributed by atoms with Crippen molar-refractivity contribution >= 4 is 23.1 Å². The van der Waals surface area contributed by atoms with E-state index in [9.17, 15) is 4.79 Å². The fourth-order valence-corrected chi connectivity index (χ4v) is 4.25. The van der Waals surface area contributed by atoms with Gasteiger partial charge < -0.3 is 24.3 Å². The molecule has 0 aliphatic carbocycles. The minimum atomic E-state index is -0.301. The number of carbonyl (C=O) groups is 1. The minimum Gasteiger partial charge on any atom is -0.493 e. The molecule has 0 unspecified atom stereocenters. The van der Waals surface area contributed by atoms with Crippen molar-refractivity contribution in [3.63, 3.8) is 0 Å². The second-order valence-electron chi connectivity index (χ2n) is 7.19. The van der Waals surface area contributed by atoms with Crippen LogP contribution in [0.4, 0.5) is 5.82 Å². The first-order chi connectivity index (χ1) is 16.1. The molecule has 9 nitrogen and oxygen atoms in total. The molecule has 0 saturated heterocycles. The van der Waals surface area contributed by atoms with Crippen molar-refractivity contribution in [3.05, 3.63) is 59.1 Å². The molecule has 168 valence electrons. The topological polar surface area (TPSA) is 96.7 Å². The van der Waals surface area contributed by atoms with Crippen molar-refractivity contribution in [2.45, 2.75) is 6.92 Å². The summed E-state index contributed by atoms with van der Waals surface area (Å²) in [5, 5.41) is 9.99. The highest BCUT2D eigenvalue weighted by Crippen LogP contribution is 2.36. The predicted molar refractivity (Wildman–Crippen MR) is 123 cm³/mol. The minimum absolute atomic E-state index is 0.219. The summed E-state index contributed by atoms with van der Waals surface area (Å²) in [5.74, 6) is 2.65. The van der Waals surface area contributed by atoms with Gasteiger partial charge in [-0.3, -0.25) is 4.79 Å². The van der Waals surface area contributed by atoms with Crippen molar-refractivity contribution in [2.24, 2.45) is 0 Å². The molecule has 0 bridgehead atoms. The largest absolute Gasteiger partial charge is 0.493 e. The summed E-state index contributed by atoms with van der Waals surface area (Å²) in [6.45, 7) is 2.08. The number of aryl methyl sites for hydroxylation is 1. The van der Waals surface area contributed by atoms with Crippen LogP contribution in [0.15, 0.2) is 47.8 Å². The Labute approximate surface area is 193 Å². The Balaban J connectivity index is 1.41. The molecule has 2 aromatic carbocycles. The molecule has 0 spiro atoms. The van der Waals surface area contributed by atoms with Crippen LogP contribution in [-0.4, -0.2) is 41.7 Å². The summed E-state index contributed by atoms with van der Waals surface area (Å²) in [6.07, 6.45) is 0. The number of hydrogen-bond donors (Lipinski definition) is 1. The highest BCUT2D eigenvalue weighted by molar-refractivity contribution is 7.12. The van der Waals surface area contributed by atoms with Gasteiger partial charge in [0, 0.05) is 22.6 Å². The second kappa shape index (κ2) is 8.47. The number of anilines is 1. The van der Waals surface area contributed by atoms with Crippen molar-refractivity contribution in [2.75, 3.05) is 26.3 Å². The summed E-state index contributed by atoms with van der Waals surface area (Å²) >= 11 is 1.42. The first-order valence-corrected chi connectivity index (χ1v) is 10.9. The normalized spacial score (nSPS) is 12.0. The molecule has 1 amide bonds. The Hall–Kier alpha value is -4.05. The van der Waals surface area contributed by atoms with Crippen LogP contribution < -0.4 is 24.3 Å². The summed E-state index contributed by atoms with van der Waals surface area (Å²) in [5.41, 5.74) is 2.86. The maximum absolute atomic E-state index is 12.9. The number of hydrogen-bond acceptors (Lipinski definition) is 8. The zero-order chi connectivity index (χ0) is 22.9. The third kappa shape index (κ3) is 3.96. The van der Waals surface area contributed by atoms with Gasteiger partial charge in [-0.05, 0) is 43.3 Å². The average Bonchev–Trinajstić information content (AvgIpc) is 3.57. The summed E-state index contributed by atoms with van der Waals surface area (Å²) in [7, 11) is 3.07. The number of benzene rings is 2. The van der Waals surface area contributed by atoms with E-state index >= 15 is 0 Å². The van der Waals surface area contributed by atoms with E-state index in [2.05, 4.69) is 10.4 Å². The van der Waals surface area contributed by atoms with Crippen LogP contribution in [0.5, 0.6) is 23.0 Å². The lowest BCUT2D eigenvalue weighted by atomic mass is 10.1. The molecule has 0 fully saturated rings. The molecule has 1 aliphatic rings. The molecule has 1 aliphatic heterocycles. The zero-order valence-corrected chi connectivity index (χ0v) is 18.9. The van der Waals surface area contributed by atoms with Gasteiger partial charge in [-0.1, -0.05) is 0 Å². The van der Waals surface area contributed by atoms with Gasteiger partial charge in [0.15, 0.2) is 23.0 Å². The van der Waals surface area contributed by atoms with E-state index in [1.165, 1.54) is 18.4 Å². The van der Waals surface area contributed by atoms with Crippen molar-refractivity contribution < 1.29 is 23.7 Å². The maximum Gasteiger partial charge on any atom is 0.256 e. The summed E-state index contributed by atoms with van der Waals surface area (Å²) in [4.78, 5) is 17.6. The molecular formula is C23H20N4O5S. The Bertz CT molecular complexity index is 1350. The molecule has 5 rings (SSSR count). The SMILES string of the molecule is COc1ccc(C(=O)Nc2cc(C)nn2-c2nc(-c3ccc4c(c3)OCO4)cs2)cc1OC. The van der Waals surface area contributed by atoms with E-state index < -0.39 is 0 Å². The fraction of sp³-hybridized carbons (Fsp3) is 0.174. The van der Waals surface area contributed by atoms with Gasteiger partial charge in [-0.2, -0.15) is 9.78 Å². The summed E-state index contributed by atoms with van der Waals surface area (Å²) in [6, 6.07) is 12.5. The van der Waals surface area contributed by atoms with Crippen molar-refractivity contribution in [1.29, 1.82) is 0 Å². The number of aromatic nitrogens is 3. The van der Waals surface area contributed by atoms with E-state index in [0.717, 1.165) is 22.7 Å². The number of nitrogens with zero attached hydrogens (tertiary/aromatic N) is 3. The Morgan fingerprint density at radius 2 is 1.88 bits per heavy atom. The van der Waals surface area contributed by atoms with E-state index in [4.69, 9.17) is 23.9 Å². The molecule has 2 aromatic heterocycles. The van der Waals surface area contributed by atoms with Gasteiger partial charge in [-0.25, -0.2) is 4.98 Å². The Morgan fingerprint density at radius 1 is 1.06 bits per heavy atom. The van der Waals surface area contributed by atoms with Gasteiger partial charge in [0.05, 0.1) is 25.6 Å². The van der Waals surface area contributed by atoms with E-state index in [-0.39, 0.29) is 12.7 Å². The second-order valence-corrected chi connectivity index (χ2v) is 8.03. The van der Waals surface area contributed by atoms with Crippen LogP contribution in [0.25, 0.3) is 16.4 Å². The number of methoxy groups -OCH3 is 2. The van der Waals surface area contributed by atoms with Gasteiger partial charge in [-0.15, -0.1) is 11.3 Å². The molecule has 10 heteroatoms. The number of fused-ring (bicyclic) bond motifs is 1. The molecule has 4 aromatic rings. The number of amides is 1. The smallest absolute Gasteiger partial charge is 0.256 e. The lowest BCUT2D eigenvalue weighted by Gasteiger charge is -2.10. The van der Waals surface area contributed by atoms with Crippen molar-refractivity contribution in [3.8, 4) is 39.4 Å². The van der Waals surface area contributed by atoms with E-state index in [1.807, 2.05) is 30.5 Å². The highest BCUT2D eigenvalue weighted by atomic mass is 32.1. The van der Waals surface area contributed by atoms with E-state index in [1.54, 1.807) is 36.1 Å². The van der Waals surface area contributed by atoms with Gasteiger partial charge >= 0.3 is 0 Å². The van der Waals surface area contributed by atoms with E-state index in [0.29, 0.717) is 33.8 Å². The molecule has 33 heavy (non-hydrogen) atoms. The van der Waals surface area contributed by atoms with Crippen LogP contribution >= 0.6 is 11.3 Å². The number of carbonyl (C=O) groups excluding carboxylic acids is 1. The van der Waals surface area contributed by atoms with Gasteiger partial charge in [0.1, 0.15) is 5.82 Å². The first-order valence-electron chi connectivity index (χ1n) is 10.0. The van der Waals surface area contributed by atoms with Crippen LogP contribution in [0.2, 0.25) is 0 Å². The van der Waals surface area contributed by atoms with Crippen LogP contribution in [-0.2, 0) is 0 Å². The number of ether oxygens (including phenoxy) is 4. The first kappa shape index (κ1) is 20.8. The lowest BCUT2D eigenvalue weighted by Crippen LogP contribution is -2.15. The number of nitrogens with one attached hydrogen (secondary N) is 1. The molecule has 0 saturated carbocycles. The summed E-state index contributed by atoms with van der Waals surface area (Å²) < 4.78 is 23.0. The van der Waals surface area contributed by atoms with Gasteiger partial charge in [0.25, 0.3) is 5.91 Å². The predicted octanol–water partition coefficient (Wildman–Crippen LogP) is 4.30. The third-order valence-corrected chi connectivity index (χ3v) is 5.88. The van der Waals surface area contributed by atoms with Crippen molar-refractivity contribution in [1.82, 2.24) is 14.8 Å². The molecule has 0 radical (unpaired) electrons. The average molecular weight is 465 g/mol. The third-order valence-electron chi connectivity index (χ3n) is 5.06. The Morgan fingerprint density at radius 3 is 2.70 bits per heavy atom. The standard InChI is InChI=1S/C23H20N4O5S/c1-13-8-21(25-22(28)15-5-6-17(29-2)19(10-15)30-3)27(26-13)23-24-16(11-33-23)14-4-7-18-20(9-14)32-12-31-18/h4-11H,12H2,1-3H3,(H,25,28). The monoisotopic (exact) mass is 464 g/mol. The molecule has 3 heterocycles. The molecule has 1 N–H and O–H groups in total. The number of thiazole rings is 1. The highest BCUT2D eigenvalue weighted by Gasteiger charge is 2.18. The fourth-order valence-electron chi connectivity index (χ4n) is 3.45. The lowest BCUT2D eigenvalue weighted by molar-refractivity contribution is 0.102. The van der Waals surface area contributed by atoms with Crippen LogP contribution in [0.1, 0.15) is 16.1 Å². The van der Waals surface area contributed by atoms with Gasteiger partial charge in [0.2, 0.25) is 11.9 Å². The maximum atomic E-state index is 12.9.